The van der Waals surface area contributed by atoms with Crippen LogP contribution in [0.25, 0.3) is 0 Å². The quantitative estimate of drug-likeness (QED) is 0.315. The van der Waals surface area contributed by atoms with Crippen molar-refractivity contribution in [1.29, 1.82) is 0 Å². The summed E-state index contributed by atoms with van der Waals surface area (Å²) in [5, 5.41) is 3.77. The Hall–Kier alpha value is -1.98. The molecule has 0 fully saturated rings. The topological polar surface area (TPSA) is 49.4 Å². The second-order valence-corrected chi connectivity index (χ2v) is 9.26. The number of hydrogen-bond acceptors (Lipinski definition) is 3. The van der Waals surface area contributed by atoms with Crippen LogP contribution >= 0.6 is 23.4 Å². The lowest BCUT2D eigenvalue weighted by molar-refractivity contribution is -0.141. The van der Waals surface area contributed by atoms with Crippen LogP contribution in [0.4, 0.5) is 0 Å². The standard InChI is InChI=1S/C25H33ClN2O2S/c1-4-19(3)27-25(30)23(5-2)28(18-20-10-7-6-8-11-20)24(29)12-9-17-31-22-15-13-21(26)14-16-22/h6-8,10-11,13-16,19,23H,4-5,9,12,17-18H2,1-3H3,(H,27,30)/t19-,23+/m1/s1. The average Bonchev–Trinajstić information content (AvgIpc) is 2.78. The molecule has 0 heterocycles. The van der Waals surface area contributed by atoms with Crippen molar-refractivity contribution < 1.29 is 9.59 Å². The van der Waals surface area contributed by atoms with E-state index in [1.54, 1.807) is 16.7 Å². The molecule has 2 atom stereocenters. The van der Waals surface area contributed by atoms with Gasteiger partial charge in [0.05, 0.1) is 0 Å². The number of hydrogen-bond donors (Lipinski definition) is 1. The molecule has 168 valence electrons. The van der Waals surface area contributed by atoms with Crippen molar-refractivity contribution >= 4 is 35.2 Å². The van der Waals surface area contributed by atoms with Crippen LogP contribution in [0.2, 0.25) is 5.02 Å². The molecule has 6 heteroatoms. The van der Waals surface area contributed by atoms with Crippen LogP contribution in [0.15, 0.2) is 59.5 Å². The van der Waals surface area contributed by atoms with Gasteiger partial charge >= 0.3 is 0 Å². The van der Waals surface area contributed by atoms with E-state index < -0.39 is 6.04 Å². The first kappa shape index (κ1) is 25.3. The third kappa shape index (κ3) is 8.58. The predicted molar refractivity (Wildman–Crippen MR) is 130 cm³/mol. The van der Waals surface area contributed by atoms with Gasteiger partial charge in [0.15, 0.2) is 0 Å². The van der Waals surface area contributed by atoms with Crippen LogP contribution in [0.1, 0.15) is 52.0 Å². The molecule has 0 saturated heterocycles. The van der Waals surface area contributed by atoms with Gasteiger partial charge in [0, 0.05) is 28.9 Å². The van der Waals surface area contributed by atoms with Crippen molar-refractivity contribution in [3.63, 3.8) is 0 Å². The minimum absolute atomic E-state index is 0.0201. The summed E-state index contributed by atoms with van der Waals surface area (Å²) in [7, 11) is 0. The Morgan fingerprint density at radius 3 is 2.32 bits per heavy atom. The van der Waals surface area contributed by atoms with Crippen LogP contribution < -0.4 is 5.32 Å². The highest BCUT2D eigenvalue weighted by Gasteiger charge is 2.28. The molecular weight excluding hydrogens is 428 g/mol. The molecule has 2 rings (SSSR count). The highest BCUT2D eigenvalue weighted by Crippen LogP contribution is 2.22. The van der Waals surface area contributed by atoms with E-state index in [1.807, 2.05) is 75.4 Å². The number of halogens is 1. The van der Waals surface area contributed by atoms with Crippen molar-refractivity contribution in [3.05, 3.63) is 65.2 Å². The minimum Gasteiger partial charge on any atom is -0.352 e. The second kappa shape index (κ2) is 13.4. The van der Waals surface area contributed by atoms with Crippen molar-refractivity contribution in [1.82, 2.24) is 10.2 Å². The molecule has 2 aromatic rings. The Kier molecular flexibility index (Phi) is 11.0. The third-order valence-corrected chi connectivity index (χ3v) is 6.55. The summed E-state index contributed by atoms with van der Waals surface area (Å²) in [5.41, 5.74) is 1.03. The molecule has 2 aromatic carbocycles. The maximum atomic E-state index is 13.2. The normalized spacial score (nSPS) is 12.8. The fraction of sp³-hybridized carbons (Fsp3) is 0.440. The SMILES string of the molecule is CC[C@@H](C)NC(=O)[C@H](CC)N(Cc1ccccc1)C(=O)CCCSc1ccc(Cl)cc1. The number of amides is 2. The zero-order valence-corrected chi connectivity index (χ0v) is 20.2. The first-order valence-electron chi connectivity index (χ1n) is 11.0. The Morgan fingerprint density at radius 2 is 1.71 bits per heavy atom. The van der Waals surface area contributed by atoms with E-state index in [-0.39, 0.29) is 17.9 Å². The van der Waals surface area contributed by atoms with E-state index in [0.29, 0.717) is 19.4 Å². The van der Waals surface area contributed by atoms with Crippen molar-refractivity contribution in [2.75, 3.05) is 5.75 Å². The van der Waals surface area contributed by atoms with E-state index >= 15 is 0 Å². The molecule has 0 bridgehead atoms. The van der Waals surface area contributed by atoms with Crippen molar-refractivity contribution in [2.24, 2.45) is 0 Å². The van der Waals surface area contributed by atoms with Crippen LogP contribution in [0.3, 0.4) is 0 Å². The van der Waals surface area contributed by atoms with Gasteiger partial charge in [-0.3, -0.25) is 9.59 Å². The summed E-state index contributed by atoms with van der Waals surface area (Å²) in [6.07, 6.45) is 2.61. The first-order valence-corrected chi connectivity index (χ1v) is 12.3. The minimum atomic E-state index is -0.467. The Bertz CT molecular complexity index is 814. The average molecular weight is 461 g/mol. The van der Waals surface area contributed by atoms with Gasteiger partial charge in [0.2, 0.25) is 11.8 Å². The number of nitrogens with one attached hydrogen (secondary N) is 1. The smallest absolute Gasteiger partial charge is 0.243 e. The molecule has 1 N–H and O–H groups in total. The van der Waals surface area contributed by atoms with Gasteiger partial charge < -0.3 is 10.2 Å². The summed E-state index contributed by atoms with van der Waals surface area (Å²) in [5.74, 6) is 0.783. The fourth-order valence-electron chi connectivity index (χ4n) is 3.23. The summed E-state index contributed by atoms with van der Waals surface area (Å²) in [6.45, 7) is 6.43. The van der Waals surface area contributed by atoms with E-state index in [4.69, 9.17) is 11.6 Å². The Labute approximate surface area is 195 Å². The van der Waals surface area contributed by atoms with Gasteiger partial charge in [-0.2, -0.15) is 0 Å². The maximum Gasteiger partial charge on any atom is 0.243 e. The molecule has 31 heavy (non-hydrogen) atoms. The van der Waals surface area contributed by atoms with Crippen LogP contribution in [-0.2, 0) is 16.1 Å². The van der Waals surface area contributed by atoms with E-state index in [9.17, 15) is 9.59 Å². The fourth-order valence-corrected chi connectivity index (χ4v) is 4.21. The van der Waals surface area contributed by atoms with Gasteiger partial charge in [0.25, 0.3) is 0 Å². The number of benzene rings is 2. The van der Waals surface area contributed by atoms with Gasteiger partial charge in [0.1, 0.15) is 6.04 Å². The third-order valence-electron chi connectivity index (χ3n) is 5.20. The highest BCUT2D eigenvalue weighted by atomic mass is 35.5. The maximum absolute atomic E-state index is 13.2. The first-order chi connectivity index (χ1) is 14.9. The number of nitrogens with zero attached hydrogens (tertiary/aromatic N) is 1. The molecule has 0 aliphatic carbocycles. The van der Waals surface area contributed by atoms with Gasteiger partial charge in [-0.05, 0) is 61.8 Å². The molecule has 0 aliphatic rings. The van der Waals surface area contributed by atoms with E-state index in [2.05, 4.69) is 5.32 Å². The Balaban J connectivity index is 2.02. The second-order valence-electron chi connectivity index (χ2n) is 7.66. The predicted octanol–water partition coefficient (Wildman–Crippen LogP) is 5.93. The summed E-state index contributed by atoms with van der Waals surface area (Å²) < 4.78 is 0. The largest absolute Gasteiger partial charge is 0.352 e. The summed E-state index contributed by atoms with van der Waals surface area (Å²) in [4.78, 5) is 29.0. The molecule has 0 aromatic heterocycles. The molecule has 0 aliphatic heterocycles. The lowest BCUT2D eigenvalue weighted by atomic mass is 10.1. The van der Waals surface area contributed by atoms with E-state index in [1.165, 1.54) is 0 Å². The van der Waals surface area contributed by atoms with Crippen molar-refractivity contribution in [2.45, 2.75) is 70.0 Å². The Morgan fingerprint density at radius 1 is 1.03 bits per heavy atom. The lowest BCUT2D eigenvalue weighted by Crippen LogP contribution is -2.50. The monoisotopic (exact) mass is 460 g/mol. The van der Waals surface area contributed by atoms with Gasteiger partial charge in [-0.25, -0.2) is 0 Å². The van der Waals surface area contributed by atoms with Crippen molar-refractivity contribution in [3.8, 4) is 0 Å². The zero-order chi connectivity index (χ0) is 22.6. The van der Waals surface area contributed by atoms with Gasteiger partial charge in [-0.15, -0.1) is 11.8 Å². The molecule has 0 radical (unpaired) electrons. The van der Waals surface area contributed by atoms with Crippen LogP contribution in [0.5, 0.6) is 0 Å². The lowest BCUT2D eigenvalue weighted by Gasteiger charge is -2.31. The number of rotatable bonds is 12. The molecule has 2 amide bonds. The molecule has 0 saturated carbocycles. The van der Waals surface area contributed by atoms with Gasteiger partial charge in [-0.1, -0.05) is 55.8 Å². The summed E-state index contributed by atoms with van der Waals surface area (Å²) in [6, 6.07) is 17.2. The molecular formula is C25H33ClN2O2S. The zero-order valence-electron chi connectivity index (χ0n) is 18.6. The van der Waals surface area contributed by atoms with Crippen LogP contribution in [-0.4, -0.2) is 34.6 Å². The van der Waals surface area contributed by atoms with Crippen LogP contribution in [0, 0.1) is 0 Å². The summed E-state index contributed by atoms with van der Waals surface area (Å²) >= 11 is 7.64. The highest BCUT2D eigenvalue weighted by molar-refractivity contribution is 7.99. The molecule has 0 unspecified atom stereocenters. The number of carbonyl (C=O) groups is 2. The number of thioether (sulfide) groups is 1. The number of carbonyl (C=O) groups excluding carboxylic acids is 2. The molecule has 4 nitrogen and oxygen atoms in total. The van der Waals surface area contributed by atoms with E-state index in [0.717, 1.165) is 34.1 Å². The molecule has 0 spiro atoms.